The fourth-order valence-electron chi connectivity index (χ4n) is 1.98. The van der Waals surface area contributed by atoms with Crippen LogP contribution in [0, 0.1) is 0 Å². The summed E-state index contributed by atoms with van der Waals surface area (Å²) in [6, 6.07) is 7.54. The second-order valence-corrected chi connectivity index (χ2v) is 4.83. The zero-order valence-electron chi connectivity index (χ0n) is 10.3. The second-order valence-electron chi connectivity index (χ2n) is 4.43. The number of aliphatic hydroxyl groups excluding tert-OH is 1. The first-order valence-electron chi connectivity index (χ1n) is 6.22. The van der Waals surface area contributed by atoms with Gasteiger partial charge in [0.15, 0.2) is 0 Å². The lowest BCUT2D eigenvalue weighted by molar-refractivity contribution is 0.0171. The van der Waals surface area contributed by atoms with Crippen LogP contribution >= 0.6 is 11.6 Å². The van der Waals surface area contributed by atoms with Crippen molar-refractivity contribution in [2.45, 2.75) is 6.10 Å². The predicted octanol–water partition coefficient (Wildman–Crippen LogP) is 1.45. The van der Waals surface area contributed by atoms with Gasteiger partial charge in [0.25, 0.3) is 0 Å². The van der Waals surface area contributed by atoms with Crippen LogP contribution in [0.4, 0.5) is 5.69 Å². The number of para-hydroxylation sites is 1. The number of rotatable bonds is 5. The van der Waals surface area contributed by atoms with E-state index in [1.165, 1.54) is 0 Å². The van der Waals surface area contributed by atoms with E-state index < -0.39 is 6.10 Å². The molecule has 1 unspecified atom stereocenters. The minimum atomic E-state index is -0.403. The minimum absolute atomic E-state index is 0.403. The van der Waals surface area contributed by atoms with Gasteiger partial charge in [0.05, 0.1) is 30.0 Å². The summed E-state index contributed by atoms with van der Waals surface area (Å²) in [5.74, 6) is 0. The maximum atomic E-state index is 9.97. The van der Waals surface area contributed by atoms with Crippen LogP contribution in [0.15, 0.2) is 24.3 Å². The number of benzene rings is 1. The summed E-state index contributed by atoms with van der Waals surface area (Å²) in [4.78, 5) is 2.21. The van der Waals surface area contributed by atoms with E-state index in [4.69, 9.17) is 16.3 Å². The maximum Gasteiger partial charge on any atom is 0.0839 e. The lowest BCUT2D eigenvalue weighted by atomic mass is 10.2. The molecule has 0 spiro atoms. The average Bonchev–Trinajstić information content (AvgIpc) is 2.39. The van der Waals surface area contributed by atoms with Crippen molar-refractivity contribution in [1.29, 1.82) is 0 Å². The molecule has 0 aliphatic carbocycles. The Bertz CT molecular complexity index is 370. The summed E-state index contributed by atoms with van der Waals surface area (Å²) in [5.41, 5.74) is 0.861. The highest BCUT2D eigenvalue weighted by molar-refractivity contribution is 6.33. The van der Waals surface area contributed by atoms with E-state index in [1.54, 1.807) is 0 Å². The third-order valence-electron chi connectivity index (χ3n) is 2.97. The van der Waals surface area contributed by atoms with Gasteiger partial charge in [-0.15, -0.1) is 0 Å². The number of ether oxygens (including phenoxy) is 1. The Balaban J connectivity index is 1.74. The molecule has 1 aliphatic heterocycles. The van der Waals surface area contributed by atoms with Gasteiger partial charge in [-0.2, -0.15) is 0 Å². The van der Waals surface area contributed by atoms with E-state index in [-0.39, 0.29) is 0 Å². The van der Waals surface area contributed by atoms with Crippen molar-refractivity contribution in [2.24, 2.45) is 0 Å². The summed E-state index contributed by atoms with van der Waals surface area (Å²) in [6.45, 7) is 4.46. The van der Waals surface area contributed by atoms with E-state index in [2.05, 4.69) is 10.2 Å². The monoisotopic (exact) mass is 270 g/mol. The number of nitrogens with one attached hydrogen (secondary N) is 1. The van der Waals surface area contributed by atoms with Gasteiger partial charge in [0.2, 0.25) is 0 Å². The molecule has 100 valence electrons. The number of hydrogen-bond acceptors (Lipinski definition) is 4. The van der Waals surface area contributed by atoms with Crippen molar-refractivity contribution in [1.82, 2.24) is 4.90 Å². The van der Waals surface area contributed by atoms with Crippen LogP contribution in [0.1, 0.15) is 0 Å². The number of hydrogen-bond donors (Lipinski definition) is 2. The molecule has 0 aromatic heterocycles. The van der Waals surface area contributed by atoms with E-state index in [0.29, 0.717) is 18.1 Å². The number of aliphatic hydroxyl groups is 1. The second kappa shape index (κ2) is 6.95. The van der Waals surface area contributed by atoms with E-state index in [0.717, 1.165) is 32.0 Å². The highest BCUT2D eigenvalue weighted by atomic mass is 35.5. The summed E-state index contributed by atoms with van der Waals surface area (Å²) < 4.78 is 5.27. The van der Waals surface area contributed by atoms with E-state index in [9.17, 15) is 5.11 Å². The molecular weight excluding hydrogens is 252 g/mol. The van der Waals surface area contributed by atoms with E-state index >= 15 is 0 Å². The smallest absolute Gasteiger partial charge is 0.0839 e. The van der Waals surface area contributed by atoms with Crippen molar-refractivity contribution >= 4 is 17.3 Å². The van der Waals surface area contributed by atoms with Gasteiger partial charge in [-0.3, -0.25) is 4.90 Å². The topological polar surface area (TPSA) is 44.7 Å². The Hall–Kier alpha value is -0.810. The predicted molar refractivity (Wildman–Crippen MR) is 73.2 cm³/mol. The molecule has 2 rings (SSSR count). The molecule has 0 amide bonds. The number of nitrogens with zero attached hydrogens (tertiary/aromatic N) is 1. The fraction of sp³-hybridized carbons (Fsp3) is 0.538. The first-order valence-corrected chi connectivity index (χ1v) is 6.60. The SMILES string of the molecule is OC(CNc1ccccc1Cl)CN1CCOCC1. The minimum Gasteiger partial charge on any atom is -0.390 e. The molecule has 5 heteroatoms. The first-order chi connectivity index (χ1) is 8.75. The molecule has 0 radical (unpaired) electrons. The molecule has 1 aromatic carbocycles. The molecule has 0 bridgehead atoms. The lowest BCUT2D eigenvalue weighted by Crippen LogP contribution is -2.42. The highest BCUT2D eigenvalue weighted by Crippen LogP contribution is 2.20. The van der Waals surface area contributed by atoms with Crippen molar-refractivity contribution in [3.63, 3.8) is 0 Å². The number of anilines is 1. The molecule has 1 heterocycles. The fourth-order valence-corrected chi connectivity index (χ4v) is 2.18. The van der Waals surface area contributed by atoms with Crippen LogP contribution in [-0.2, 0) is 4.74 Å². The van der Waals surface area contributed by atoms with Crippen molar-refractivity contribution < 1.29 is 9.84 Å². The normalized spacial score (nSPS) is 18.6. The standard InChI is InChI=1S/C13H19ClN2O2/c14-12-3-1-2-4-13(12)15-9-11(17)10-16-5-7-18-8-6-16/h1-4,11,15,17H,5-10H2. The molecule has 0 saturated carbocycles. The quantitative estimate of drug-likeness (QED) is 0.850. The lowest BCUT2D eigenvalue weighted by Gasteiger charge is -2.28. The molecule has 1 aliphatic rings. The third-order valence-corrected chi connectivity index (χ3v) is 3.30. The van der Waals surface area contributed by atoms with Crippen LogP contribution in [0.2, 0.25) is 5.02 Å². The van der Waals surface area contributed by atoms with Gasteiger partial charge in [-0.1, -0.05) is 23.7 Å². The molecular formula is C13H19ClN2O2. The van der Waals surface area contributed by atoms with Gasteiger partial charge in [-0.25, -0.2) is 0 Å². The number of halogens is 1. The van der Waals surface area contributed by atoms with Crippen molar-refractivity contribution in [3.8, 4) is 0 Å². The Morgan fingerprint density at radius 1 is 1.33 bits per heavy atom. The van der Waals surface area contributed by atoms with Crippen LogP contribution < -0.4 is 5.32 Å². The Morgan fingerprint density at radius 3 is 2.78 bits per heavy atom. The van der Waals surface area contributed by atoms with Crippen LogP contribution in [0.3, 0.4) is 0 Å². The first kappa shape index (κ1) is 13.6. The molecule has 1 aromatic rings. The Labute approximate surface area is 113 Å². The molecule has 1 fully saturated rings. The molecule has 18 heavy (non-hydrogen) atoms. The summed E-state index contributed by atoms with van der Waals surface area (Å²) in [5, 5.41) is 13.8. The van der Waals surface area contributed by atoms with Gasteiger partial charge in [0.1, 0.15) is 0 Å². The summed E-state index contributed by atoms with van der Waals surface area (Å²) in [7, 11) is 0. The molecule has 1 saturated heterocycles. The molecule has 1 atom stereocenters. The third kappa shape index (κ3) is 4.14. The average molecular weight is 271 g/mol. The van der Waals surface area contributed by atoms with Crippen LogP contribution in [-0.4, -0.2) is 55.5 Å². The zero-order chi connectivity index (χ0) is 12.8. The summed E-state index contributed by atoms with van der Waals surface area (Å²) >= 11 is 6.03. The highest BCUT2D eigenvalue weighted by Gasteiger charge is 2.14. The molecule has 2 N–H and O–H groups in total. The molecule has 4 nitrogen and oxygen atoms in total. The zero-order valence-corrected chi connectivity index (χ0v) is 11.1. The van der Waals surface area contributed by atoms with E-state index in [1.807, 2.05) is 24.3 Å². The van der Waals surface area contributed by atoms with Crippen LogP contribution in [0.5, 0.6) is 0 Å². The van der Waals surface area contributed by atoms with Gasteiger partial charge in [-0.05, 0) is 12.1 Å². The van der Waals surface area contributed by atoms with Gasteiger partial charge in [0, 0.05) is 26.2 Å². The van der Waals surface area contributed by atoms with Crippen molar-refractivity contribution in [2.75, 3.05) is 44.7 Å². The maximum absolute atomic E-state index is 9.97. The van der Waals surface area contributed by atoms with Crippen LogP contribution in [0.25, 0.3) is 0 Å². The largest absolute Gasteiger partial charge is 0.390 e. The van der Waals surface area contributed by atoms with Gasteiger partial charge < -0.3 is 15.2 Å². The Kier molecular flexibility index (Phi) is 5.26. The van der Waals surface area contributed by atoms with Gasteiger partial charge >= 0.3 is 0 Å². The van der Waals surface area contributed by atoms with Crippen molar-refractivity contribution in [3.05, 3.63) is 29.3 Å². The summed E-state index contributed by atoms with van der Waals surface area (Å²) in [6.07, 6.45) is -0.403. The number of β-amino-alcohol motifs (C(OH)–C–C–N with tert-alkyl or cyclic N) is 1. The Morgan fingerprint density at radius 2 is 2.06 bits per heavy atom. The number of morpholine rings is 1.